The second-order valence-corrected chi connectivity index (χ2v) is 7.62. The molecule has 2 atom stereocenters. The summed E-state index contributed by atoms with van der Waals surface area (Å²) in [5.74, 6) is -0.681. The first-order chi connectivity index (χ1) is 11.8. The Morgan fingerprint density at radius 1 is 1.40 bits per heavy atom. The van der Waals surface area contributed by atoms with Crippen molar-refractivity contribution in [1.82, 2.24) is 4.90 Å². The van der Waals surface area contributed by atoms with E-state index in [9.17, 15) is 14.7 Å². The van der Waals surface area contributed by atoms with Crippen LogP contribution in [0.4, 0.5) is 16.2 Å². The van der Waals surface area contributed by atoms with Crippen LogP contribution in [0.3, 0.4) is 0 Å². The molecule has 2 aliphatic rings. The zero-order chi connectivity index (χ0) is 18.2. The normalized spacial score (nSPS) is 25.1. The van der Waals surface area contributed by atoms with Gasteiger partial charge in [0, 0.05) is 37.6 Å². The smallest absolute Gasteiger partial charge is 0.321 e. The first-order valence-corrected chi connectivity index (χ1v) is 8.96. The molecule has 6 nitrogen and oxygen atoms in total. The number of hydrogen-bond acceptors (Lipinski definition) is 3. The van der Waals surface area contributed by atoms with E-state index in [0.717, 1.165) is 24.2 Å². The van der Waals surface area contributed by atoms with Gasteiger partial charge in [-0.15, -0.1) is 0 Å². The maximum atomic E-state index is 12.6. The van der Waals surface area contributed by atoms with Crippen LogP contribution in [-0.4, -0.2) is 48.2 Å². The number of benzene rings is 1. The SMILES string of the molecule is CC(C)N(C)c1cccc(NC(=O)N2C[C@@H]3CCC[C@@]3(C(=O)O)C2)c1. The molecule has 1 aliphatic heterocycles. The second kappa shape index (κ2) is 6.58. The molecule has 1 aromatic carbocycles. The molecule has 25 heavy (non-hydrogen) atoms. The fourth-order valence-electron chi connectivity index (χ4n) is 4.10. The van der Waals surface area contributed by atoms with E-state index >= 15 is 0 Å². The van der Waals surface area contributed by atoms with Crippen LogP contribution < -0.4 is 10.2 Å². The first kappa shape index (κ1) is 17.6. The molecule has 1 aliphatic carbocycles. The molecular weight excluding hydrogens is 318 g/mol. The number of nitrogens with one attached hydrogen (secondary N) is 1. The molecule has 0 radical (unpaired) electrons. The Morgan fingerprint density at radius 3 is 2.80 bits per heavy atom. The number of carbonyl (C=O) groups excluding carboxylic acids is 1. The van der Waals surface area contributed by atoms with E-state index < -0.39 is 11.4 Å². The fraction of sp³-hybridized carbons (Fsp3) is 0.579. The second-order valence-electron chi connectivity index (χ2n) is 7.62. The Hall–Kier alpha value is -2.24. The number of hydrogen-bond donors (Lipinski definition) is 2. The highest BCUT2D eigenvalue weighted by Crippen LogP contribution is 2.48. The van der Waals surface area contributed by atoms with Crippen molar-refractivity contribution in [2.24, 2.45) is 11.3 Å². The van der Waals surface area contributed by atoms with Crippen LogP contribution in [0, 0.1) is 11.3 Å². The summed E-state index contributed by atoms with van der Waals surface area (Å²) in [6.07, 6.45) is 2.51. The quantitative estimate of drug-likeness (QED) is 0.878. The zero-order valence-corrected chi connectivity index (χ0v) is 15.2. The van der Waals surface area contributed by atoms with Crippen molar-refractivity contribution in [1.29, 1.82) is 0 Å². The number of fused-ring (bicyclic) bond motifs is 1. The highest BCUT2D eigenvalue weighted by atomic mass is 16.4. The number of carboxylic acids is 1. The number of anilines is 2. The average molecular weight is 345 g/mol. The first-order valence-electron chi connectivity index (χ1n) is 8.96. The van der Waals surface area contributed by atoms with Crippen molar-refractivity contribution in [2.45, 2.75) is 39.2 Å². The van der Waals surface area contributed by atoms with E-state index in [1.807, 2.05) is 31.3 Å². The van der Waals surface area contributed by atoms with Crippen LogP contribution in [-0.2, 0) is 4.79 Å². The molecule has 1 aromatic rings. The van der Waals surface area contributed by atoms with Crippen molar-refractivity contribution in [3.63, 3.8) is 0 Å². The lowest BCUT2D eigenvalue weighted by Crippen LogP contribution is -2.38. The number of urea groups is 1. The Bertz CT molecular complexity index is 676. The molecular formula is C19H27N3O3. The van der Waals surface area contributed by atoms with Crippen molar-refractivity contribution < 1.29 is 14.7 Å². The lowest BCUT2D eigenvalue weighted by molar-refractivity contribution is -0.149. The third kappa shape index (κ3) is 3.17. The average Bonchev–Trinajstić information content (AvgIpc) is 3.12. The van der Waals surface area contributed by atoms with Gasteiger partial charge in [-0.05, 0) is 50.8 Å². The Balaban J connectivity index is 1.70. The van der Waals surface area contributed by atoms with Gasteiger partial charge in [0.25, 0.3) is 0 Å². The van der Waals surface area contributed by atoms with Gasteiger partial charge in [-0.25, -0.2) is 4.79 Å². The number of aliphatic carboxylic acids is 1. The molecule has 1 saturated heterocycles. The largest absolute Gasteiger partial charge is 0.481 e. The minimum atomic E-state index is -0.758. The van der Waals surface area contributed by atoms with Gasteiger partial charge in [-0.1, -0.05) is 12.5 Å². The highest BCUT2D eigenvalue weighted by molar-refractivity contribution is 5.91. The third-order valence-electron chi connectivity index (χ3n) is 5.86. The lowest BCUT2D eigenvalue weighted by Gasteiger charge is -2.25. The predicted molar refractivity (Wildman–Crippen MR) is 98.0 cm³/mol. The summed E-state index contributed by atoms with van der Waals surface area (Å²) < 4.78 is 0. The highest BCUT2D eigenvalue weighted by Gasteiger charge is 2.55. The topological polar surface area (TPSA) is 72.9 Å². The summed E-state index contributed by atoms with van der Waals surface area (Å²) in [4.78, 5) is 28.2. The van der Waals surface area contributed by atoms with Crippen LogP contribution in [0.15, 0.2) is 24.3 Å². The molecule has 1 saturated carbocycles. The van der Waals surface area contributed by atoms with E-state index in [2.05, 4.69) is 24.1 Å². The lowest BCUT2D eigenvalue weighted by atomic mass is 9.81. The van der Waals surface area contributed by atoms with Crippen molar-refractivity contribution in [3.8, 4) is 0 Å². The van der Waals surface area contributed by atoms with Gasteiger partial charge in [-0.3, -0.25) is 4.79 Å². The number of amides is 2. The Kier molecular flexibility index (Phi) is 4.62. The molecule has 2 N–H and O–H groups in total. The summed E-state index contributed by atoms with van der Waals surface area (Å²) in [5.41, 5.74) is 1.03. The summed E-state index contributed by atoms with van der Waals surface area (Å²) >= 11 is 0. The third-order valence-corrected chi connectivity index (χ3v) is 5.86. The monoisotopic (exact) mass is 345 g/mol. The Labute approximate surface area is 148 Å². The molecule has 1 heterocycles. The predicted octanol–water partition coefficient (Wildman–Crippen LogP) is 3.25. The van der Waals surface area contributed by atoms with Gasteiger partial charge in [0.1, 0.15) is 0 Å². The van der Waals surface area contributed by atoms with E-state index in [1.54, 1.807) is 4.90 Å². The molecule has 0 spiro atoms. The summed E-state index contributed by atoms with van der Waals surface area (Å²) in [6.45, 7) is 5.06. The summed E-state index contributed by atoms with van der Waals surface area (Å²) in [6, 6.07) is 7.89. The van der Waals surface area contributed by atoms with E-state index in [-0.39, 0.29) is 11.9 Å². The van der Waals surface area contributed by atoms with Gasteiger partial charge in [0.2, 0.25) is 0 Å². The van der Waals surface area contributed by atoms with Crippen LogP contribution in [0.5, 0.6) is 0 Å². The van der Waals surface area contributed by atoms with Crippen molar-refractivity contribution in [3.05, 3.63) is 24.3 Å². The minimum Gasteiger partial charge on any atom is -0.481 e. The zero-order valence-electron chi connectivity index (χ0n) is 15.2. The van der Waals surface area contributed by atoms with E-state index in [1.165, 1.54) is 0 Å². The molecule has 136 valence electrons. The molecule has 2 amide bonds. The van der Waals surface area contributed by atoms with Crippen LogP contribution in [0.1, 0.15) is 33.1 Å². The van der Waals surface area contributed by atoms with E-state index in [0.29, 0.717) is 25.6 Å². The molecule has 0 aromatic heterocycles. The molecule has 0 bridgehead atoms. The van der Waals surface area contributed by atoms with Crippen molar-refractivity contribution >= 4 is 23.4 Å². The summed E-state index contributed by atoms with van der Waals surface area (Å²) in [7, 11) is 2.02. The van der Waals surface area contributed by atoms with Gasteiger partial charge < -0.3 is 20.2 Å². The maximum Gasteiger partial charge on any atom is 0.321 e. The van der Waals surface area contributed by atoms with Gasteiger partial charge in [-0.2, -0.15) is 0 Å². The maximum absolute atomic E-state index is 12.6. The van der Waals surface area contributed by atoms with Gasteiger partial charge in [0.05, 0.1) is 5.41 Å². The van der Waals surface area contributed by atoms with Crippen LogP contribution in [0.2, 0.25) is 0 Å². The molecule has 0 unspecified atom stereocenters. The number of likely N-dealkylation sites (tertiary alicyclic amines) is 1. The molecule has 2 fully saturated rings. The molecule has 3 rings (SSSR count). The van der Waals surface area contributed by atoms with Crippen LogP contribution in [0.25, 0.3) is 0 Å². The standard InChI is InChI=1S/C19H27N3O3/c1-13(2)21(3)16-8-4-7-15(10-16)20-18(25)22-11-14-6-5-9-19(14,12-22)17(23)24/h4,7-8,10,13-14H,5-6,9,11-12H2,1-3H3,(H,20,25)(H,23,24)/t14-,19+/m0/s1. The number of nitrogens with zero attached hydrogens (tertiary/aromatic N) is 2. The van der Waals surface area contributed by atoms with Crippen LogP contribution >= 0.6 is 0 Å². The van der Waals surface area contributed by atoms with Gasteiger partial charge >= 0.3 is 12.0 Å². The van der Waals surface area contributed by atoms with E-state index in [4.69, 9.17) is 0 Å². The minimum absolute atomic E-state index is 0.0779. The number of carboxylic acid groups (broad SMARTS) is 1. The summed E-state index contributed by atoms with van der Waals surface area (Å²) in [5, 5.41) is 12.6. The van der Waals surface area contributed by atoms with Gasteiger partial charge in [0.15, 0.2) is 0 Å². The number of rotatable bonds is 4. The van der Waals surface area contributed by atoms with Crippen molar-refractivity contribution in [2.75, 3.05) is 30.4 Å². The number of carbonyl (C=O) groups is 2. The fourth-order valence-corrected chi connectivity index (χ4v) is 4.10. The molecule has 6 heteroatoms. The Morgan fingerprint density at radius 2 is 2.16 bits per heavy atom.